The zero-order valence-corrected chi connectivity index (χ0v) is 12.5. The number of benzene rings is 1. The molecule has 22 heavy (non-hydrogen) atoms. The van der Waals surface area contributed by atoms with Crippen molar-refractivity contribution in [3.05, 3.63) is 66.6 Å². The van der Waals surface area contributed by atoms with Crippen LogP contribution in [0.4, 0.5) is 5.13 Å². The van der Waals surface area contributed by atoms with Crippen LogP contribution in [0.1, 0.15) is 5.56 Å². The van der Waals surface area contributed by atoms with Crippen LogP contribution in [0.5, 0.6) is 0 Å². The number of hydrogen-bond donors (Lipinski definition) is 1. The first kappa shape index (κ1) is 13.0. The van der Waals surface area contributed by atoms with E-state index in [2.05, 4.69) is 32.5 Å². The van der Waals surface area contributed by atoms with Gasteiger partial charge in [-0.05, 0) is 11.6 Å². The van der Waals surface area contributed by atoms with Gasteiger partial charge in [0.25, 0.3) is 0 Å². The quantitative estimate of drug-likeness (QED) is 0.627. The standard InChI is InChI=1S/C16H13N5S/c1-2-6-13(7-3-1)14-11-19-16-21(14)20-15(22-16)18-10-12-5-4-8-17-9-12/h1-9,11H,10H2,(H,18,20). The van der Waals surface area contributed by atoms with Crippen molar-refractivity contribution >= 4 is 21.4 Å². The fourth-order valence-corrected chi connectivity index (χ4v) is 3.02. The molecule has 4 aromatic rings. The number of pyridine rings is 1. The Hall–Kier alpha value is -2.73. The largest absolute Gasteiger partial charge is 0.356 e. The molecule has 0 saturated heterocycles. The van der Waals surface area contributed by atoms with Crippen LogP contribution in [0, 0.1) is 0 Å². The fraction of sp³-hybridized carbons (Fsp3) is 0.0625. The highest BCUT2D eigenvalue weighted by atomic mass is 32.1. The molecule has 0 radical (unpaired) electrons. The van der Waals surface area contributed by atoms with Gasteiger partial charge in [-0.25, -0.2) is 9.50 Å². The Morgan fingerprint density at radius 3 is 2.77 bits per heavy atom. The number of hydrogen-bond acceptors (Lipinski definition) is 5. The maximum absolute atomic E-state index is 4.61. The summed E-state index contributed by atoms with van der Waals surface area (Å²) in [6.45, 7) is 0.700. The summed E-state index contributed by atoms with van der Waals surface area (Å²) < 4.78 is 1.88. The monoisotopic (exact) mass is 307 g/mol. The normalized spacial score (nSPS) is 10.9. The smallest absolute Gasteiger partial charge is 0.214 e. The highest BCUT2D eigenvalue weighted by molar-refractivity contribution is 7.20. The maximum Gasteiger partial charge on any atom is 0.214 e. The van der Waals surface area contributed by atoms with E-state index in [1.807, 2.05) is 47.2 Å². The number of nitrogens with zero attached hydrogens (tertiary/aromatic N) is 4. The molecule has 0 bridgehead atoms. The van der Waals surface area contributed by atoms with Crippen molar-refractivity contribution < 1.29 is 0 Å². The fourth-order valence-electron chi connectivity index (χ4n) is 2.25. The molecule has 3 heterocycles. The van der Waals surface area contributed by atoms with Crippen LogP contribution >= 0.6 is 11.3 Å². The molecule has 0 aliphatic rings. The molecule has 0 aliphatic carbocycles. The number of nitrogens with one attached hydrogen (secondary N) is 1. The third-order valence-electron chi connectivity index (χ3n) is 3.32. The van der Waals surface area contributed by atoms with Crippen molar-refractivity contribution in [1.29, 1.82) is 0 Å². The summed E-state index contributed by atoms with van der Waals surface area (Å²) in [4.78, 5) is 9.43. The molecular formula is C16H13N5S. The van der Waals surface area contributed by atoms with E-state index in [0.717, 1.165) is 26.9 Å². The highest BCUT2D eigenvalue weighted by Gasteiger charge is 2.11. The van der Waals surface area contributed by atoms with Crippen molar-refractivity contribution in [2.45, 2.75) is 6.54 Å². The maximum atomic E-state index is 4.61. The highest BCUT2D eigenvalue weighted by Crippen LogP contribution is 2.25. The van der Waals surface area contributed by atoms with Gasteiger partial charge in [-0.1, -0.05) is 47.7 Å². The van der Waals surface area contributed by atoms with E-state index in [1.165, 1.54) is 0 Å². The van der Waals surface area contributed by atoms with Gasteiger partial charge in [0.05, 0.1) is 11.9 Å². The molecule has 0 saturated carbocycles. The van der Waals surface area contributed by atoms with Crippen molar-refractivity contribution in [2.75, 3.05) is 5.32 Å². The van der Waals surface area contributed by atoms with Gasteiger partial charge in [-0.15, -0.1) is 5.10 Å². The third kappa shape index (κ3) is 2.44. The van der Waals surface area contributed by atoms with Crippen LogP contribution in [-0.2, 0) is 6.54 Å². The number of rotatable bonds is 4. The van der Waals surface area contributed by atoms with E-state index in [-0.39, 0.29) is 0 Å². The number of aromatic nitrogens is 4. The first-order valence-electron chi connectivity index (χ1n) is 6.93. The lowest BCUT2D eigenvalue weighted by molar-refractivity contribution is 0.966. The van der Waals surface area contributed by atoms with Gasteiger partial charge in [-0.3, -0.25) is 4.98 Å². The zero-order chi connectivity index (χ0) is 14.8. The van der Waals surface area contributed by atoms with Crippen LogP contribution in [0.3, 0.4) is 0 Å². The van der Waals surface area contributed by atoms with Crippen LogP contribution < -0.4 is 5.32 Å². The first-order chi connectivity index (χ1) is 10.9. The van der Waals surface area contributed by atoms with E-state index >= 15 is 0 Å². The summed E-state index contributed by atoms with van der Waals surface area (Å²) in [7, 11) is 0. The van der Waals surface area contributed by atoms with Gasteiger partial charge >= 0.3 is 0 Å². The number of anilines is 1. The van der Waals surface area contributed by atoms with E-state index in [1.54, 1.807) is 17.5 Å². The average molecular weight is 307 g/mol. The van der Waals surface area contributed by atoms with Crippen LogP contribution in [0.15, 0.2) is 61.1 Å². The van der Waals surface area contributed by atoms with Crippen molar-refractivity contribution in [3.63, 3.8) is 0 Å². The van der Waals surface area contributed by atoms with Gasteiger partial charge in [0, 0.05) is 24.5 Å². The Labute approximate surface area is 131 Å². The second-order valence-corrected chi connectivity index (χ2v) is 5.78. The second kappa shape index (κ2) is 5.57. The molecule has 1 N–H and O–H groups in total. The minimum Gasteiger partial charge on any atom is -0.356 e. The summed E-state index contributed by atoms with van der Waals surface area (Å²) in [6.07, 6.45) is 5.48. The Bertz CT molecular complexity index is 883. The molecule has 0 atom stereocenters. The van der Waals surface area contributed by atoms with Gasteiger partial charge in [-0.2, -0.15) is 0 Å². The van der Waals surface area contributed by atoms with Crippen LogP contribution in [0.25, 0.3) is 16.2 Å². The van der Waals surface area contributed by atoms with Gasteiger partial charge < -0.3 is 5.32 Å². The molecular weight excluding hydrogens is 294 g/mol. The van der Waals surface area contributed by atoms with Crippen LogP contribution in [0.2, 0.25) is 0 Å². The zero-order valence-electron chi connectivity index (χ0n) is 11.7. The minimum atomic E-state index is 0.700. The van der Waals surface area contributed by atoms with Crippen molar-refractivity contribution in [1.82, 2.24) is 19.6 Å². The summed E-state index contributed by atoms with van der Waals surface area (Å²) in [5, 5.41) is 8.78. The Morgan fingerprint density at radius 1 is 1.05 bits per heavy atom. The SMILES string of the molecule is c1ccc(-c2cnc3sc(NCc4cccnc4)nn23)cc1. The predicted molar refractivity (Wildman–Crippen MR) is 87.9 cm³/mol. The van der Waals surface area contributed by atoms with Crippen molar-refractivity contribution in [2.24, 2.45) is 0 Å². The molecule has 5 nitrogen and oxygen atoms in total. The number of fused-ring (bicyclic) bond motifs is 1. The summed E-state index contributed by atoms with van der Waals surface area (Å²) in [5.41, 5.74) is 3.24. The van der Waals surface area contributed by atoms with Gasteiger partial charge in [0.15, 0.2) is 0 Å². The van der Waals surface area contributed by atoms with E-state index in [0.29, 0.717) is 6.54 Å². The summed E-state index contributed by atoms with van der Waals surface area (Å²) >= 11 is 1.54. The number of imidazole rings is 1. The lowest BCUT2D eigenvalue weighted by Gasteiger charge is -2.01. The summed E-state index contributed by atoms with van der Waals surface area (Å²) in [5.74, 6) is 0. The molecule has 4 rings (SSSR count). The Balaban J connectivity index is 1.60. The molecule has 0 aliphatic heterocycles. The minimum absolute atomic E-state index is 0.700. The van der Waals surface area contributed by atoms with Gasteiger partial charge in [0.1, 0.15) is 0 Å². The second-order valence-electron chi connectivity index (χ2n) is 4.83. The van der Waals surface area contributed by atoms with E-state index in [9.17, 15) is 0 Å². The van der Waals surface area contributed by atoms with Crippen molar-refractivity contribution in [3.8, 4) is 11.3 Å². The molecule has 0 amide bonds. The van der Waals surface area contributed by atoms with Gasteiger partial charge in [0.2, 0.25) is 10.1 Å². The molecule has 6 heteroatoms. The van der Waals surface area contributed by atoms with E-state index < -0.39 is 0 Å². The summed E-state index contributed by atoms with van der Waals surface area (Å²) in [6, 6.07) is 14.1. The molecule has 108 valence electrons. The average Bonchev–Trinajstić information content (AvgIpc) is 3.15. The van der Waals surface area contributed by atoms with E-state index in [4.69, 9.17) is 0 Å². The lowest BCUT2D eigenvalue weighted by atomic mass is 10.2. The predicted octanol–water partition coefficient (Wildman–Crippen LogP) is 3.46. The lowest BCUT2D eigenvalue weighted by Crippen LogP contribution is -2.00. The molecule has 3 aromatic heterocycles. The third-order valence-corrected chi connectivity index (χ3v) is 4.20. The topological polar surface area (TPSA) is 55.1 Å². The molecule has 0 fully saturated rings. The molecule has 0 spiro atoms. The molecule has 0 unspecified atom stereocenters. The Kier molecular flexibility index (Phi) is 3.29. The Morgan fingerprint density at radius 2 is 1.95 bits per heavy atom. The van der Waals surface area contributed by atoms with Crippen LogP contribution in [-0.4, -0.2) is 19.6 Å². The molecule has 1 aromatic carbocycles. The first-order valence-corrected chi connectivity index (χ1v) is 7.74.